The number of amides is 2. The van der Waals surface area contributed by atoms with Crippen molar-refractivity contribution in [3.63, 3.8) is 0 Å². The van der Waals surface area contributed by atoms with E-state index in [1.165, 1.54) is 11.1 Å². The van der Waals surface area contributed by atoms with Gasteiger partial charge in [0, 0.05) is 6.54 Å². The van der Waals surface area contributed by atoms with Crippen molar-refractivity contribution in [2.75, 3.05) is 13.2 Å². The molecule has 1 aliphatic carbocycles. The van der Waals surface area contributed by atoms with Crippen LogP contribution in [0.25, 0.3) is 0 Å². The predicted molar refractivity (Wildman–Crippen MR) is 90.6 cm³/mol. The average molecular weight is 310 g/mol. The minimum Gasteiger partial charge on any atom is -0.494 e. The lowest BCUT2D eigenvalue weighted by Gasteiger charge is -2.15. The normalized spacial score (nSPS) is 15.7. The minimum atomic E-state index is -0.105. The van der Waals surface area contributed by atoms with Crippen molar-refractivity contribution in [2.45, 2.75) is 25.3 Å². The molecule has 23 heavy (non-hydrogen) atoms. The fourth-order valence-electron chi connectivity index (χ4n) is 2.90. The fourth-order valence-corrected chi connectivity index (χ4v) is 2.90. The topological polar surface area (TPSA) is 50.4 Å². The van der Waals surface area contributed by atoms with E-state index < -0.39 is 0 Å². The van der Waals surface area contributed by atoms with Gasteiger partial charge in [0.2, 0.25) is 0 Å². The fraction of sp³-hybridized carbons (Fsp3) is 0.316. The second-order valence-electron chi connectivity index (χ2n) is 5.71. The first kappa shape index (κ1) is 15.4. The quantitative estimate of drug-likeness (QED) is 0.803. The van der Waals surface area contributed by atoms with Gasteiger partial charge in [-0.15, -0.1) is 0 Å². The van der Waals surface area contributed by atoms with E-state index in [2.05, 4.69) is 22.8 Å². The van der Waals surface area contributed by atoms with Gasteiger partial charge in [-0.2, -0.15) is 0 Å². The summed E-state index contributed by atoms with van der Waals surface area (Å²) in [6.45, 7) is 1.20. The molecule has 0 unspecified atom stereocenters. The van der Waals surface area contributed by atoms with E-state index >= 15 is 0 Å². The lowest BCUT2D eigenvalue weighted by Crippen LogP contribution is -2.38. The molecule has 0 aromatic heterocycles. The zero-order valence-electron chi connectivity index (χ0n) is 13.1. The molecule has 3 rings (SSSR count). The van der Waals surface area contributed by atoms with E-state index in [4.69, 9.17) is 4.74 Å². The molecule has 0 bridgehead atoms. The van der Waals surface area contributed by atoms with Crippen molar-refractivity contribution >= 4 is 6.03 Å². The number of nitrogens with one attached hydrogen (secondary N) is 2. The van der Waals surface area contributed by atoms with Gasteiger partial charge < -0.3 is 15.4 Å². The van der Waals surface area contributed by atoms with Crippen molar-refractivity contribution in [1.82, 2.24) is 10.6 Å². The first-order valence-corrected chi connectivity index (χ1v) is 8.13. The number of para-hydroxylation sites is 1. The summed E-state index contributed by atoms with van der Waals surface area (Å²) in [6.07, 6.45) is 2.79. The maximum atomic E-state index is 12.0. The van der Waals surface area contributed by atoms with Gasteiger partial charge in [0.1, 0.15) is 5.75 Å². The van der Waals surface area contributed by atoms with E-state index in [1.54, 1.807) is 0 Å². The number of carbonyl (C=O) groups is 1. The molecule has 0 saturated carbocycles. The van der Waals surface area contributed by atoms with Gasteiger partial charge in [0.15, 0.2) is 0 Å². The van der Waals surface area contributed by atoms with Crippen molar-refractivity contribution in [2.24, 2.45) is 0 Å². The van der Waals surface area contributed by atoms with Crippen molar-refractivity contribution in [3.05, 3.63) is 65.7 Å². The summed E-state index contributed by atoms with van der Waals surface area (Å²) < 4.78 is 5.60. The largest absolute Gasteiger partial charge is 0.494 e. The number of ether oxygens (including phenoxy) is 1. The Morgan fingerprint density at radius 1 is 1.09 bits per heavy atom. The Kier molecular flexibility index (Phi) is 5.14. The van der Waals surface area contributed by atoms with Gasteiger partial charge in [-0.05, 0) is 42.5 Å². The van der Waals surface area contributed by atoms with Crippen LogP contribution < -0.4 is 15.4 Å². The van der Waals surface area contributed by atoms with Crippen LogP contribution in [-0.4, -0.2) is 19.2 Å². The summed E-state index contributed by atoms with van der Waals surface area (Å²) in [6, 6.07) is 18.0. The number of fused-ring (bicyclic) bond motifs is 1. The molecular formula is C19H22N2O2. The maximum Gasteiger partial charge on any atom is 0.315 e. The van der Waals surface area contributed by atoms with E-state index in [1.807, 2.05) is 42.5 Å². The van der Waals surface area contributed by atoms with Crippen LogP contribution in [0.15, 0.2) is 54.6 Å². The molecular weight excluding hydrogens is 288 g/mol. The number of rotatable bonds is 6. The molecule has 0 heterocycles. The number of carbonyl (C=O) groups excluding carboxylic acids is 1. The van der Waals surface area contributed by atoms with Gasteiger partial charge in [0.05, 0.1) is 12.6 Å². The van der Waals surface area contributed by atoms with Crippen molar-refractivity contribution in [1.29, 1.82) is 0 Å². The molecule has 2 N–H and O–H groups in total. The van der Waals surface area contributed by atoms with Crippen LogP contribution in [0.1, 0.15) is 30.0 Å². The summed E-state index contributed by atoms with van der Waals surface area (Å²) in [5.74, 6) is 0.861. The minimum absolute atomic E-state index is 0.105. The summed E-state index contributed by atoms with van der Waals surface area (Å²) in [4.78, 5) is 12.0. The highest BCUT2D eigenvalue weighted by Gasteiger charge is 2.22. The number of benzene rings is 2. The standard InChI is InChI=1S/C19H22N2O2/c22-19(20-13-6-14-23-16-8-2-1-3-9-16)21-18-12-11-15-7-4-5-10-17(15)18/h1-5,7-10,18H,6,11-14H2,(H2,20,21,22)/t18-/m1/s1. The predicted octanol–water partition coefficient (Wildman–Crippen LogP) is 3.44. The molecule has 0 radical (unpaired) electrons. The Morgan fingerprint density at radius 2 is 1.87 bits per heavy atom. The summed E-state index contributed by atoms with van der Waals surface area (Å²) in [7, 11) is 0. The van der Waals surface area contributed by atoms with Crippen LogP contribution in [0.2, 0.25) is 0 Å². The SMILES string of the molecule is O=C(NCCCOc1ccccc1)N[C@@H]1CCc2ccccc21. The van der Waals surface area contributed by atoms with E-state index in [0.29, 0.717) is 13.2 Å². The molecule has 2 aromatic carbocycles. The second kappa shape index (κ2) is 7.68. The van der Waals surface area contributed by atoms with E-state index in [-0.39, 0.29) is 12.1 Å². The third-order valence-electron chi connectivity index (χ3n) is 4.06. The third-order valence-corrected chi connectivity index (χ3v) is 4.06. The van der Waals surface area contributed by atoms with Crippen LogP contribution in [0.3, 0.4) is 0 Å². The number of urea groups is 1. The monoisotopic (exact) mass is 310 g/mol. The lowest BCUT2D eigenvalue weighted by molar-refractivity contribution is 0.235. The summed E-state index contributed by atoms with van der Waals surface area (Å²) in [5, 5.41) is 5.95. The Morgan fingerprint density at radius 3 is 2.74 bits per heavy atom. The van der Waals surface area contributed by atoms with Gasteiger partial charge in [-0.3, -0.25) is 0 Å². The molecule has 0 fully saturated rings. The molecule has 2 amide bonds. The van der Waals surface area contributed by atoms with Crippen LogP contribution >= 0.6 is 0 Å². The van der Waals surface area contributed by atoms with Gasteiger partial charge in [-0.1, -0.05) is 42.5 Å². The van der Waals surface area contributed by atoms with Crippen LogP contribution in [-0.2, 0) is 6.42 Å². The molecule has 0 spiro atoms. The number of hydrogen-bond donors (Lipinski definition) is 2. The van der Waals surface area contributed by atoms with Crippen LogP contribution in [0, 0.1) is 0 Å². The first-order chi connectivity index (χ1) is 11.3. The first-order valence-electron chi connectivity index (χ1n) is 8.13. The molecule has 0 saturated heterocycles. The summed E-state index contributed by atoms with van der Waals surface area (Å²) >= 11 is 0. The van der Waals surface area contributed by atoms with Gasteiger partial charge >= 0.3 is 6.03 Å². The van der Waals surface area contributed by atoms with Crippen LogP contribution in [0.5, 0.6) is 5.75 Å². The Balaban J connectivity index is 1.34. The van der Waals surface area contributed by atoms with Crippen LogP contribution in [0.4, 0.5) is 4.79 Å². The van der Waals surface area contributed by atoms with E-state index in [0.717, 1.165) is 25.0 Å². The highest BCUT2D eigenvalue weighted by atomic mass is 16.5. The number of aryl methyl sites for hydroxylation is 1. The highest BCUT2D eigenvalue weighted by molar-refractivity contribution is 5.74. The molecule has 120 valence electrons. The average Bonchev–Trinajstić information content (AvgIpc) is 2.99. The van der Waals surface area contributed by atoms with Crippen molar-refractivity contribution in [3.8, 4) is 5.75 Å². The van der Waals surface area contributed by atoms with Crippen molar-refractivity contribution < 1.29 is 9.53 Å². The zero-order valence-corrected chi connectivity index (χ0v) is 13.1. The molecule has 4 nitrogen and oxygen atoms in total. The second-order valence-corrected chi connectivity index (χ2v) is 5.71. The summed E-state index contributed by atoms with van der Waals surface area (Å²) in [5.41, 5.74) is 2.59. The Bertz CT molecular complexity index is 643. The maximum absolute atomic E-state index is 12.0. The zero-order chi connectivity index (χ0) is 15.9. The Hall–Kier alpha value is -2.49. The highest BCUT2D eigenvalue weighted by Crippen LogP contribution is 2.30. The smallest absolute Gasteiger partial charge is 0.315 e. The molecule has 4 heteroatoms. The molecule has 1 aliphatic rings. The molecule has 2 aromatic rings. The van der Waals surface area contributed by atoms with Gasteiger partial charge in [0.25, 0.3) is 0 Å². The van der Waals surface area contributed by atoms with Gasteiger partial charge in [-0.25, -0.2) is 4.79 Å². The van der Waals surface area contributed by atoms with E-state index in [9.17, 15) is 4.79 Å². The third kappa shape index (κ3) is 4.25. The molecule has 1 atom stereocenters. The molecule has 0 aliphatic heterocycles. The Labute approximate surface area is 136 Å². The lowest BCUT2D eigenvalue weighted by atomic mass is 10.1. The number of hydrogen-bond acceptors (Lipinski definition) is 2.